The lowest BCUT2D eigenvalue weighted by molar-refractivity contribution is -0.122. The van der Waals surface area contributed by atoms with Crippen molar-refractivity contribution in [3.8, 4) is 5.75 Å². The Kier molecular flexibility index (Phi) is 6.50. The van der Waals surface area contributed by atoms with Crippen LogP contribution in [0.5, 0.6) is 5.75 Å². The summed E-state index contributed by atoms with van der Waals surface area (Å²) in [6.45, 7) is 7.64. The van der Waals surface area contributed by atoms with Crippen molar-refractivity contribution in [2.45, 2.75) is 19.9 Å². The summed E-state index contributed by atoms with van der Waals surface area (Å²) in [5.74, 6) is 0.947. The standard InChI is InChI=1S/C16H25N3O2/c1-2-10-21-15-5-3-4-14(11-15)12-18-16(20)13-19-8-6-17-7-9-19/h3-5,11,17H,2,6-10,12-13H2,1H3,(H,18,20). The van der Waals surface area contributed by atoms with Crippen LogP contribution >= 0.6 is 0 Å². The van der Waals surface area contributed by atoms with E-state index >= 15 is 0 Å². The van der Waals surface area contributed by atoms with E-state index in [1.165, 1.54) is 0 Å². The Morgan fingerprint density at radius 3 is 2.95 bits per heavy atom. The van der Waals surface area contributed by atoms with Crippen molar-refractivity contribution in [3.05, 3.63) is 29.8 Å². The number of hydrogen-bond acceptors (Lipinski definition) is 4. The Morgan fingerprint density at radius 1 is 1.38 bits per heavy atom. The number of nitrogens with one attached hydrogen (secondary N) is 2. The van der Waals surface area contributed by atoms with Crippen LogP contribution in [0, 0.1) is 0 Å². The quantitative estimate of drug-likeness (QED) is 0.787. The van der Waals surface area contributed by atoms with Gasteiger partial charge in [0.15, 0.2) is 0 Å². The highest BCUT2D eigenvalue weighted by atomic mass is 16.5. The van der Waals surface area contributed by atoms with Gasteiger partial charge in [-0.25, -0.2) is 0 Å². The molecule has 2 N–H and O–H groups in total. The Morgan fingerprint density at radius 2 is 2.19 bits per heavy atom. The number of rotatable bonds is 7. The van der Waals surface area contributed by atoms with Gasteiger partial charge < -0.3 is 15.4 Å². The molecule has 0 bridgehead atoms. The lowest BCUT2D eigenvalue weighted by Crippen LogP contribution is -2.47. The van der Waals surface area contributed by atoms with E-state index in [9.17, 15) is 4.79 Å². The van der Waals surface area contributed by atoms with E-state index in [2.05, 4.69) is 22.5 Å². The average Bonchev–Trinajstić information content (AvgIpc) is 2.52. The van der Waals surface area contributed by atoms with E-state index in [1.807, 2.05) is 24.3 Å². The fraction of sp³-hybridized carbons (Fsp3) is 0.562. The molecule has 0 unspecified atom stereocenters. The number of ether oxygens (including phenoxy) is 1. The zero-order valence-corrected chi connectivity index (χ0v) is 12.7. The van der Waals surface area contributed by atoms with Crippen molar-refractivity contribution < 1.29 is 9.53 Å². The molecule has 1 fully saturated rings. The molecule has 0 saturated carbocycles. The molecular formula is C16H25N3O2. The third-order valence-corrected chi connectivity index (χ3v) is 3.44. The highest BCUT2D eigenvalue weighted by Crippen LogP contribution is 2.13. The number of nitrogens with zero attached hydrogens (tertiary/aromatic N) is 1. The fourth-order valence-electron chi connectivity index (χ4n) is 2.29. The van der Waals surface area contributed by atoms with Crippen LogP contribution in [-0.4, -0.2) is 50.1 Å². The van der Waals surface area contributed by atoms with Crippen molar-refractivity contribution >= 4 is 5.91 Å². The van der Waals surface area contributed by atoms with Crippen molar-refractivity contribution in [3.63, 3.8) is 0 Å². The summed E-state index contributed by atoms with van der Waals surface area (Å²) < 4.78 is 5.60. The predicted octanol–water partition coefficient (Wildman–Crippen LogP) is 0.997. The second-order valence-corrected chi connectivity index (χ2v) is 5.30. The predicted molar refractivity (Wildman–Crippen MR) is 83.4 cm³/mol. The number of piperazine rings is 1. The van der Waals surface area contributed by atoms with Crippen LogP contribution in [0.15, 0.2) is 24.3 Å². The van der Waals surface area contributed by atoms with Crippen LogP contribution in [-0.2, 0) is 11.3 Å². The molecule has 5 heteroatoms. The summed E-state index contributed by atoms with van der Waals surface area (Å²) in [6.07, 6.45) is 0.992. The molecule has 0 radical (unpaired) electrons. The number of hydrogen-bond donors (Lipinski definition) is 2. The first-order valence-electron chi connectivity index (χ1n) is 7.69. The van der Waals surface area contributed by atoms with Gasteiger partial charge in [-0.05, 0) is 24.1 Å². The van der Waals surface area contributed by atoms with Gasteiger partial charge >= 0.3 is 0 Å². The van der Waals surface area contributed by atoms with Crippen LogP contribution < -0.4 is 15.4 Å². The van der Waals surface area contributed by atoms with Gasteiger partial charge in [-0.1, -0.05) is 19.1 Å². The summed E-state index contributed by atoms with van der Waals surface area (Å²) in [5, 5.41) is 6.25. The molecule has 1 aliphatic rings. The first-order chi connectivity index (χ1) is 10.3. The van der Waals surface area contributed by atoms with Gasteiger partial charge in [0.05, 0.1) is 13.2 Å². The molecule has 1 heterocycles. The minimum Gasteiger partial charge on any atom is -0.494 e. The van der Waals surface area contributed by atoms with E-state index in [0.29, 0.717) is 13.1 Å². The van der Waals surface area contributed by atoms with Gasteiger partial charge in [0.1, 0.15) is 5.75 Å². The molecular weight excluding hydrogens is 266 g/mol. The second kappa shape index (κ2) is 8.64. The van der Waals surface area contributed by atoms with Crippen molar-refractivity contribution in [2.75, 3.05) is 39.3 Å². The highest BCUT2D eigenvalue weighted by molar-refractivity contribution is 5.78. The molecule has 21 heavy (non-hydrogen) atoms. The zero-order chi connectivity index (χ0) is 14.9. The number of amides is 1. The van der Waals surface area contributed by atoms with Gasteiger partial charge in [0.25, 0.3) is 0 Å². The summed E-state index contributed by atoms with van der Waals surface area (Å²) in [6, 6.07) is 7.90. The Hall–Kier alpha value is -1.59. The Bertz CT molecular complexity index is 445. The molecule has 2 rings (SSSR count). The van der Waals surface area contributed by atoms with Gasteiger partial charge in [-0.3, -0.25) is 9.69 Å². The SMILES string of the molecule is CCCOc1cccc(CNC(=O)CN2CCNCC2)c1. The topological polar surface area (TPSA) is 53.6 Å². The monoisotopic (exact) mass is 291 g/mol. The summed E-state index contributed by atoms with van der Waals surface area (Å²) >= 11 is 0. The van der Waals surface area contributed by atoms with E-state index < -0.39 is 0 Å². The van der Waals surface area contributed by atoms with Crippen LogP contribution in [0.25, 0.3) is 0 Å². The normalized spacial score (nSPS) is 15.7. The second-order valence-electron chi connectivity index (χ2n) is 5.30. The zero-order valence-electron chi connectivity index (χ0n) is 12.7. The highest BCUT2D eigenvalue weighted by Gasteiger charge is 2.13. The molecule has 1 aromatic rings. The van der Waals surface area contributed by atoms with Gasteiger partial charge in [-0.2, -0.15) is 0 Å². The van der Waals surface area contributed by atoms with Crippen LogP contribution in [0.2, 0.25) is 0 Å². The van der Waals surface area contributed by atoms with Crippen LogP contribution in [0.4, 0.5) is 0 Å². The fourth-order valence-corrected chi connectivity index (χ4v) is 2.29. The molecule has 116 valence electrons. The average molecular weight is 291 g/mol. The maximum Gasteiger partial charge on any atom is 0.234 e. The third-order valence-electron chi connectivity index (χ3n) is 3.44. The van der Waals surface area contributed by atoms with E-state index in [4.69, 9.17) is 4.74 Å². The largest absolute Gasteiger partial charge is 0.494 e. The minimum absolute atomic E-state index is 0.0804. The lowest BCUT2D eigenvalue weighted by atomic mass is 10.2. The first kappa shape index (κ1) is 15.8. The molecule has 0 aliphatic carbocycles. The first-order valence-corrected chi connectivity index (χ1v) is 7.69. The van der Waals surface area contributed by atoms with Crippen molar-refractivity contribution in [2.24, 2.45) is 0 Å². The van der Waals surface area contributed by atoms with Gasteiger partial charge in [0, 0.05) is 32.7 Å². The summed E-state index contributed by atoms with van der Waals surface area (Å²) in [7, 11) is 0. The molecule has 0 atom stereocenters. The van der Waals surface area contributed by atoms with Crippen molar-refractivity contribution in [1.82, 2.24) is 15.5 Å². The maximum atomic E-state index is 11.9. The van der Waals surface area contributed by atoms with Gasteiger partial charge in [0.2, 0.25) is 5.91 Å². The molecule has 0 aromatic heterocycles. The Balaban J connectivity index is 1.75. The Labute approximate surface area is 126 Å². The lowest BCUT2D eigenvalue weighted by Gasteiger charge is -2.26. The molecule has 1 aliphatic heterocycles. The van der Waals surface area contributed by atoms with E-state index in [-0.39, 0.29) is 5.91 Å². The van der Waals surface area contributed by atoms with Crippen molar-refractivity contribution in [1.29, 1.82) is 0 Å². The maximum absolute atomic E-state index is 11.9. The third kappa shape index (κ3) is 5.73. The van der Waals surface area contributed by atoms with Crippen LogP contribution in [0.1, 0.15) is 18.9 Å². The minimum atomic E-state index is 0.0804. The number of carbonyl (C=O) groups excluding carboxylic acids is 1. The van der Waals surface area contributed by atoms with Crippen LogP contribution in [0.3, 0.4) is 0 Å². The molecule has 1 saturated heterocycles. The van der Waals surface area contributed by atoms with E-state index in [0.717, 1.165) is 50.5 Å². The molecule has 1 aromatic carbocycles. The number of carbonyl (C=O) groups is 1. The smallest absolute Gasteiger partial charge is 0.234 e. The molecule has 1 amide bonds. The number of benzene rings is 1. The molecule has 0 spiro atoms. The van der Waals surface area contributed by atoms with Gasteiger partial charge in [-0.15, -0.1) is 0 Å². The summed E-state index contributed by atoms with van der Waals surface area (Å²) in [4.78, 5) is 14.1. The van der Waals surface area contributed by atoms with E-state index in [1.54, 1.807) is 0 Å². The molecule has 5 nitrogen and oxygen atoms in total. The summed E-state index contributed by atoms with van der Waals surface area (Å²) in [5.41, 5.74) is 1.07.